The number of piperidine rings is 1. The van der Waals surface area contributed by atoms with Crippen molar-refractivity contribution in [2.24, 2.45) is 0 Å². The molecular formula is C13H21ClN2. The van der Waals surface area contributed by atoms with E-state index in [1.165, 1.54) is 30.5 Å². The monoisotopic (exact) mass is 240 g/mol. The normalized spacial score (nSPS) is 20.2. The summed E-state index contributed by atoms with van der Waals surface area (Å²) in [5.41, 5.74) is 2.80. The molecule has 2 rings (SSSR count). The molecule has 1 aliphatic rings. The average Bonchev–Trinajstić information content (AvgIpc) is 2.29. The Morgan fingerprint density at radius 1 is 1.38 bits per heavy atom. The zero-order valence-electron chi connectivity index (χ0n) is 9.83. The molecule has 0 amide bonds. The van der Waals surface area contributed by atoms with E-state index in [-0.39, 0.29) is 12.4 Å². The van der Waals surface area contributed by atoms with E-state index in [9.17, 15) is 0 Å². The van der Waals surface area contributed by atoms with Gasteiger partial charge in [-0.25, -0.2) is 0 Å². The van der Waals surface area contributed by atoms with Crippen molar-refractivity contribution >= 4 is 12.4 Å². The lowest BCUT2D eigenvalue weighted by Gasteiger charge is -2.24. The Bertz CT molecular complexity index is 309. The van der Waals surface area contributed by atoms with E-state index in [1.807, 2.05) is 0 Å². The maximum Gasteiger partial charge on any atom is 0.0211 e. The number of nitrogens with one attached hydrogen (secondary N) is 2. The topological polar surface area (TPSA) is 24.1 Å². The Labute approximate surface area is 104 Å². The van der Waals surface area contributed by atoms with Gasteiger partial charge in [0.1, 0.15) is 0 Å². The molecule has 16 heavy (non-hydrogen) atoms. The number of benzene rings is 1. The van der Waals surface area contributed by atoms with E-state index in [1.54, 1.807) is 0 Å². The Balaban J connectivity index is 0.00000128. The maximum atomic E-state index is 3.62. The van der Waals surface area contributed by atoms with Crippen molar-refractivity contribution in [2.45, 2.75) is 32.4 Å². The third kappa shape index (κ3) is 3.78. The Kier molecular flexibility index (Phi) is 5.81. The summed E-state index contributed by atoms with van der Waals surface area (Å²) in [6.07, 6.45) is 2.60. The zero-order chi connectivity index (χ0) is 10.5. The molecule has 1 heterocycles. The summed E-state index contributed by atoms with van der Waals surface area (Å²) < 4.78 is 0. The van der Waals surface area contributed by atoms with Crippen LogP contribution in [0.3, 0.4) is 0 Å². The van der Waals surface area contributed by atoms with Crippen LogP contribution in [0.2, 0.25) is 0 Å². The van der Waals surface area contributed by atoms with Crippen LogP contribution in [0.1, 0.15) is 24.0 Å². The third-order valence-corrected chi connectivity index (χ3v) is 3.14. The molecule has 0 bridgehead atoms. The molecule has 1 saturated heterocycles. The summed E-state index contributed by atoms with van der Waals surface area (Å²) in [6.45, 7) is 5.48. The second kappa shape index (κ2) is 6.89. The fourth-order valence-corrected chi connectivity index (χ4v) is 2.09. The van der Waals surface area contributed by atoms with E-state index >= 15 is 0 Å². The molecular weight excluding hydrogens is 220 g/mol. The summed E-state index contributed by atoms with van der Waals surface area (Å²) >= 11 is 0. The predicted molar refractivity (Wildman–Crippen MR) is 71.2 cm³/mol. The molecule has 90 valence electrons. The van der Waals surface area contributed by atoms with Gasteiger partial charge in [-0.3, -0.25) is 0 Å². The molecule has 0 spiro atoms. The number of rotatable bonds is 3. The van der Waals surface area contributed by atoms with Crippen LogP contribution >= 0.6 is 12.4 Å². The maximum absolute atomic E-state index is 3.62. The highest BCUT2D eigenvalue weighted by molar-refractivity contribution is 5.85. The SMILES string of the molecule is Cc1ccccc1CNC1CCCNC1.Cl. The largest absolute Gasteiger partial charge is 0.315 e. The molecule has 3 heteroatoms. The molecule has 0 saturated carbocycles. The zero-order valence-corrected chi connectivity index (χ0v) is 10.6. The van der Waals surface area contributed by atoms with Crippen LogP contribution in [0.15, 0.2) is 24.3 Å². The van der Waals surface area contributed by atoms with Crippen LogP contribution in [0.25, 0.3) is 0 Å². The Morgan fingerprint density at radius 2 is 2.19 bits per heavy atom. The molecule has 2 N–H and O–H groups in total. The molecule has 1 fully saturated rings. The van der Waals surface area contributed by atoms with Gasteiger partial charge in [-0.2, -0.15) is 0 Å². The van der Waals surface area contributed by atoms with Gasteiger partial charge in [-0.05, 0) is 37.4 Å². The first-order valence-corrected chi connectivity index (χ1v) is 5.85. The lowest BCUT2D eigenvalue weighted by molar-refractivity contribution is 0.389. The molecule has 0 aliphatic carbocycles. The summed E-state index contributed by atoms with van der Waals surface area (Å²) in [7, 11) is 0. The van der Waals surface area contributed by atoms with Crippen molar-refractivity contribution in [2.75, 3.05) is 13.1 Å². The van der Waals surface area contributed by atoms with Gasteiger partial charge in [0.2, 0.25) is 0 Å². The van der Waals surface area contributed by atoms with Crippen molar-refractivity contribution in [3.05, 3.63) is 35.4 Å². The van der Waals surface area contributed by atoms with Gasteiger partial charge in [-0.15, -0.1) is 12.4 Å². The van der Waals surface area contributed by atoms with Crippen LogP contribution in [-0.4, -0.2) is 19.1 Å². The van der Waals surface area contributed by atoms with Crippen LogP contribution < -0.4 is 10.6 Å². The van der Waals surface area contributed by atoms with E-state index in [0.717, 1.165) is 13.1 Å². The number of aryl methyl sites for hydroxylation is 1. The molecule has 1 aromatic carbocycles. The van der Waals surface area contributed by atoms with Crippen molar-refractivity contribution in [1.82, 2.24) is 10.6 Å². The first-order valence-electron chi connectivity index (χ1n) is 5.85. The molecule has 0 aromatic heterocycles. The van der Waals surface area contributed by atoms with Crippen LogP contribution in [0.5, 0.6) is 0 Å². The highest BCUT2D eigenvalue weighted by atomic mass is 35.5. The number of hydrogen-bond donors (Lipinski definition) is 2. The highest BCUT2D eigenvalue weighted by Gasteiger charge is 2.11. The summed E-state index contributed by atoms with van der Waals surface area (Å²) in [5.74, 6) is 0. The van der Waals surface area contributed by atoms with Crippen LogP contribution in [0.4, 0.5) is 0 Å². The molecule has 2 nitrogen and oxygen atoms in total. The molecule has 1 atom stereocenters. The van der Waals surface area contributed by atoms with Crippen molar-refractivity contribution < 1.29 is 0 Å². The van der Waals surface area contributed by atoms with Gasteiger partial charge in [0.15, 0.2) is 0 Å². The Morgan fingerprint density at radius 3 is 2.88 bits per heavy atom. The minimum Gasteiger partial charge on any atom is -0.315 e. The lowest BCUT2D eigenvalue weighted by atomic mass is 10.1. The van der Waals surface area contributed by atoms with E-state index in [4.69, 9.17) is 0 Å². The highest BCUT2D eigenvalue weighted by Crippen LogP contribution is 2.08. The Hall–Kier alpha value is -0.570. The fraction of sp³-hybridized carbons (Fsp3) is 0.538. The third-order valence-electron chi connectivity index (χ3n) is 3.14. The molecule has 0 radical (unpaired) electrons. The molecule has 1 unspecified atom stereocenters. The van der Waals surface area contributed by atoms with Crippen molar-refractivity contribution in [3.8, 4) is 0 Å². The van der Waals surface area contributed by atoms with Gasteiger partial charge in [-0.1, -0.05) is 24.3 Å². The number of halogens is 1. The summed E-state index contributed by atoms with van der Waals surface area (Å²) in [5, 5.41) is 7.04. The number of hydrogen-bond acceptors (Lipinski definition) is 2. The van der Waals surface area contributed by atoms with Crippen LogP contribution in [0, 0.1) is 6.92 Å². The standard InChI is InChI=1S/C13H20N2.ClH/c1-11-5-2-3-6-12(11)9-15-13-7-4-8-14-10-13;/h2-3,5-6,13-15H,4,7-10H2,1H3;1H. The van der Waals surface area contributed by atoms with Crippen LogP contribution in [-0.2, 0) is 6.54 Å². The second-order valence-electron chi connectivity index (χ2n) is 4.35. The minimum atomic E-state index is 0. The van der Waals surface area contributed by atoms with E-state index in [2.05, 4.69) is 41.8 Å². The van der Waals surface area contributed by atoms with E-state index < -0.39 is 0 Å². The van der Waals surface area contributed by atoms with Crippen molar-refractivity contribution in [3.63, 3.8) is 0 Å². The smallest absolute Gasteiger partial charge is 0.0211 e. The average molecular weight is 241 g/mol. The second-order valence-corrected chi connectivity index (χ2v) is 4.35. The first kappa shape index (κ1) is 13.5. The predicted octanol–water partition coefficient (Wildman–Crippen LogP) is 2.26. The minimum absolute atomic E-state index is 0. The quantitative estimate of drug-likeness (QED) is 0.847. The van der Waals surface area contributed by atoms with Gasteiger partial charge in [0, 0.05) is 19.1 Å². The van der Waals surface area contributed by atoms with Gasteiger partial charge in [0.05, 0.1) is 0 Å². The first-order chi connectivity index (χ1) is 7.36. The van der Waals surface area contributed by atoms with Gasteiger partial charge >= 0.3 is 0 Å². The summed E-state index contributed by atoms with van der Waals surface area (Å²) in [4.78, 5) is 0. The lowest BCUT2D eigenvalue weighted by Crippen LogP contribution is -2.42. The summed E-state index contributed by atoms with van der Waals surface area (Å²) in [6, 6.07) is 9.25. The van der Waals surface area contributed by atoms with Gasteiger partial charge < -0.3 is 10.6 Å². The fourth-order valence-electron chi connectivity index (χ4n) is 2.09. The van der Waals surface area contributed by atoms with E-state index in [0.29, 0.717) is 6.04 Å². The van der Waals surface area contributed by atoms with Crippen molar-refractivity contribution in [1.29, 1.82) is 0 Å². The molecule has 1 aliphatic heterocycles. The van der Waals surface area contributed by atoms with Gasteiger partial charge in [0.25, 0.3) is 0 Å². The molecule has 1 aromatic rings.